The van der Waals surface area contributed by atoms with Gasteiger partial charge in [-0.15, -0.1) is 11.3 Å². The van der Waals surface area contributed by atoms with Crippen molar-refractivity contribution in [2.75, 3.05) is 11.9 Å². The number of anilines is 1. The predicted octanol–water partition coefficient (Wildman–Crippen LogP) is 3.66. The number of thiazole rings is 1. The van der Waals surface area contributed by atoms with Crippen molar-refractivity contribution < 1.29 is 0 Å². The molecule has 3 heterocycles. The van der Waals surface area contributed by atoms with Gasteiger partial charge in [-0.2, -0.15) is 0 Å². The van der Waals surface area contributed by atoms with Crippen molar-refractivity contribution in [3.8, 4) is 0 Å². The Balaban J connectivity index is 1.89. The van der Waals surface area contributed by atoms with Gasteiger partial charge >= 0.3 is 0 Å². The molecule has 5 heteroatoms. The molecule has 0 bridgehead atoms. The molecule has 0 saturated carbocycles. The first-order valence-electron chi connectivity index (χ1n) is 6.72. The van der Waals surface area contributed by atoms with Crippen molar-refractivity contribution in [3.63, 3.8) is 0 Å². The predicted molar refractivity (Wildman–Crippen MR) is 84.4 cm³/mol. The van der Waals surface area contributed by atoms with Gasteiger partial charge in [-0.25, -0.2) is 9.98 Å². The first kappa shape index (κ1) is 11.7. The third-order valence-electron chi connectivity index (χ3n) is 3.58. The van der Waals surface area contributed by atoms with Crippen LogP contribution >= 0.6 is 11.3 Å². The largest absolute Gasteiger partial charge is 0.371 e. The Morgan fingerprint density at radius 3 is 3.20 bits per heavy atom. The van der Waals surface area contributed by atoms with E-state index in [0.29, 0.717) is 0 Å². The van der Waals surface area contributed by atoms with E-state index in [1.54, 1.807) is 17.5 Å². The Bertz CT molecular complexity index is 771. The summed E-state index contributed by atoms with van der Waals surface area (Å²) in [7, 11) is 0. The second-order valence-corrected chi connectivity index (χ2v) is 5.66. The van der Waals surface area contributed by atoms with E-state index in [1.165, 1.54) is 16.7 Å². The van der Waals surface area contributed by atoms with Gasteiger partial charge in [-0.05, 0) is 12.5 Å². The third-order valence-corrected chi connectivity index (χ3v) is 4.26. The Morgan fingerprint density at radius 1 is 1.35 bits per heavy atom. The van der Waals surface area contributed by atoms with Crippen LogP contribution in [0, 0.1) is 0 Å². The van der Waals surface area contributed by atoms with Crippen LogP contribution in [0.5, 0.6) is 0 Å². The normalized spacial score (nSPS) is 14.6. The lowest BCUT2D eigenvalue weighted by Gasteiger charge is -2.18. The summed E-state index contributed by atoms with van der Waals surface area (Å²) >= 11 is 1.55. The van der Waals surface area contributed by atoms with Crippen LogP contribution in [-0.2, 0) is 6.54 Å². The van der Waals surface area contributed by atoms with E-state index in [0.717, 1.165) is 30.2 Å². The van der Waals surface area contributed by atoms with E-state index < -0.39 is 0 Å². The first-order chi connectivity index (χ1) is 9.93. The number of benzene rings is 1. The molecule has 2 aromatic heterocycles. The number of aromatic nitrogens is 2. The SMILES string of the molecule is C(=N\c1nccs1)/c1c2n(c3ccccc13)CCCN2. The van der Waals surface area contributed by atoms with E-state index in [-0.39, 0.29) is 0 Å². The molecular formula is C15H14N4S. The van der Waals surface area contributed by atoms with E-state index in [2.05, 4.69) is 44.1 Å². The van der Waals surface area contributed by atoms with Crippen LogP contribution in [0.15, 0.2) is 40.8 Å². The summed E-state index contributed by atoms with van der Waals surface area (Å²) in [5.41, 5.74) is 2.44. The highest BCUT2D eigenvalue weighted by atomic mass is 32.1. The van der Waals surface area contributed by atoms with E-state index >= 15 is 0 Å². The fourth-order valence-electron chi connectivity index (χ4n) is 2.73. The first-order valence-corrected chi connectivity index (χ1v) is 7.60. The van der Waals surface area contributed by atoms with Crippen LogP contribution in [0.25, 0.3) is 10.9 Å². The van der Waals surface area contributed by atoms with Gasteiger partial charge in [0.05, 0.1) is 5.52 Å². The molecule has 100 valence electrons. The second kappa shape index (κ2) is 4.76. The average Bonchev–Trinajstić information content (AvgIpc) is 3.11. The molecule has 20 heavy (non-hydrogen) atoms. The van der Waals surface area contributed by atoms with Crippen LogP contribution in [0.2, 0.25) is 0 Å². The molecule has 1 aliphatic heterocycles. The monoisotopic (exact) mass is 282 g/mol. The zero-order valence-corrected chi connectivity index (χ0v) is 11.7. The molecule has 0 amide bonds. The van der Waals surface area contributed by atoms with Gasteiger partial charge in [0.15, 0.2) is 0 Å². The molecule has 3 aromatic rings. The molecular weight excluding hydrogens is 268 g/mol. The van der Waals surface area contributed by atoms with Gasteiger partial charge < -0.3 is 9.88 Å². The molecule has 0 spiro atoms. The van der Waals surface area contributed by atoms with Crippen LogP contribution in [0.3, 0.4) is 0 Å². The number of nitrogens with zero attached hydrogens (tertiary/aromatic N) is 3. The number of hydrogen-bond donors (Lipinski definition) is 1. The van der Waals surface area contributed by atoms with Crippen molar-refractivity contribution in [2.24, 2.45) is 4.99 Å². The molecule has 1 aliphatic rings. The summed E-state index contributed by atoms with van der Waals surface area (Å²) in [5.74, 6) is 1.18. The fourth-order valence-corrected chi connectivity index (χ4v) is 3.21. The van der Waals surface area contributed by atoms with Crippen molar-refractivity contribution in [3.05, 3.63) is 41.4 Å². The molecule has 4 nitrogen and oxygen atoms in total. The molecule has 0 radical (unpaired) electrons. The van der Waals surface area contributed by atoms with Gasteiger partial charge in [-0.3, -0.25) is 0 Å². The molecule has 0 fully saturated rings. The summed E-state index contributed by atoms with van der Waals surface area (Å²) in [5, 5.41) is 7.49. The van der Waals surface area contributed by atoms with Crippen LogP contribution in [0.1, 0.15) is 12.0 Å². The van der Waals surface area contributed by atoms with Crippen molar-refractivity contribution in [2.45, 2.75) is 13.0 Å². The highest BCUT2D eigenvalue weighted by molar-refractivity contribution is 7.13. The number of nitrogens with one attached hydrogen (secondary N) is 1. The topological polar surface area (TPSA) is 42.2 Å². The average molecular weight is 282 g/mol. The minimum absolute atomic E-state index is 0.796. The maximum atomic E-state index is 4.50. The number of hydrogen-bond acceptors (Lipinski definition) is 4. The highest BCUT2D eigenvalue weighted by Gasteiger charge is 2.17. The van der Waals surface area contributed by atoms with Gasteiger partial charge in [0, 0.05) is 41.8 Å². The fraction of sp³-hybridized carbons (Fsp3) is 0.200. The van der Waals surface area contributed by atoms with Crippen LogP contribution in [-0.4, -0.2) is 22.3 Å². The lowest BCUT2D eigenvalue weighted by atomic mass is 10.2. The van der Waals surface area contributed by atoms with E-state index in [1.807, 2.05) is 11.6 Å². The summed E-state index contributed by atoms with van der Waals surface area (Å²) in [6.07, 6.45) is 4.88. The van der Waals surface area contributed by atoms with Gasteiger partial charge in [-0.1, -0.05) is 18.2 Å². The Kier molecular flexibility index (Phi) is 2.77. The van der Waals surface area contributed by atoms with Crippen LogP contribution in [0.4, 0.5) is 10.9 Å². The quantitative estimate of drug-likeness (QED) is 0.729. The van der Waals surface area contributed by atoms with Gasteiger partial charge in [0.1, 0.15) is 5.82 Å². The molecule has 0 unspecified atom stereocenters. The molecule has 0 atom stereocenters. The minimum atomic E-state index is 0.796. The van der Waals surface area contributed by atoms with Gasteiger partial charge in [0.25, 0.3) is 0 Å². The summed E-state index contributed by atoms with van der Waals surface area (Å²) in [6.45, 7) is 2.09. The standard InChI is InChI=1S/C15H14N4S/c1-2-5-13-11(4-1)12(10-18-15-17-7-9-20-15)14-16-6-3-8-19(13)14/h1-2,4-5,7,9-10,16H,3,6,8H2/b18-10+. The lowest BCUT2D eigenvalue weighted by molar-refractivity contribution is 0.649. The zero-order chi connectivity index (χ0) is 13.4. The maximum absolute atomic E-state index is 4.50. The van der Waals surface area contributed by atoms with Gasteiger partial charge in [0.2, 0.25) is 5.13 Å². The number of rotatable bonds is 2. The highest BCUT2D eigenvalue weighted by Crippen LogP contribution is 2.31. The zero-order valence-electron chi connectivity index (χ0n) is 10.9. The molecule has 1 N–H and O–H groups in total. The smallest absolute Gasteiger partial charge is 0.209 e. The Morgan fingerprint density at radius 2 is 2.30 bits per heavy atom. The third kappa shape index (κ3) is 1.82. The van der Waals surface area contributed by atoms with Crippen LogP contribution < -0.4 is 5.32 Å². The maximum Gasteiger partial charge on any atom is 0.209 e. The lowest BCUT2D eigenvalue weighted by Crippen LogP contribution is -2.17. The molecule has 4 rings (SSSR count). The molecule has 0 saturated heterocycles. The molecule has 0 aliphatic carbocycles. The second-order valence-electron chi connectivity index (χ2n) is 4.78. The Hall–Kier alpha value is -2.14. The number of aryl methyl sites for hydroxylation is 1. The number of fused-ring (bicyclic) bond motifs is 3. The minimum Gasteiger partial charge on any atom is -0.371 e. The van der Waals surface area contributed by atoms with E-state index in [9.17, 15) is 0 Å². The summed E-state index contributed by atoms with van der Waals surface area (Å²) in [6, 6.07) is 8.50. The summed E-state index contributed by atoms with van der Waals surface area (Å²) in [4.78, 5) is 8.70. The number of aliphatic imine (C=N–C) groups is 1. The Labute approximate surface area is 120 Å². The summed E-state index contributed by atoms with van der Waals surface area (Å²) < 4.78 is 2.35. The van der Waals surface area contributed by atoms with E-state index in [4.69, 9.17) is 0 Å². The van der Waals surface area contributed by atoms with Crippen molar-refractivity contribution in [1.29, 1.82) is 0 Å². The van der Waals surface area contributed by atoms with Crippen molar-refractivity contribution >= 4 is 39.4 Å². The number of para-hydroxylation sites is 1. The molecule has 1 aromatic carbocycles. The van der Waals surface area contributed by atoms with Crippen molar-refractivity contribution in [1.82, 2.24) is 9.55 Å².